The molecule has 0 saturated carbocycles. The SMILES string of the molecule is COc1ccc(Br)cc1COC(=O)c1ccc(Cl)c(S(N)(=O)=O)c1. The molecule has 128 valence electrons. The van der Waals surface area contributed by atoms with E-state index in [4.69, 9.17) is 26.2 Å². The van der Waals surface area contributed by atoms with E-state index in [9.17, 15) is 13.2 Å². The fourth-order valence-electron chi connectivity index (χ4n) is 1.93. The predicted octanol–water partition coefficient (Wildman–Crippen LogP) is 3.12. The minimum Gasteiger partial charge on any atom is -0.496 e. The maximum Gasteiger partial charge on any atom is 0.338 e. The quantitative estimate of drug-likeness (QED) is 0.730. The van der Waals surface area contributed by atoms with Crippen LogP contribution >= 0.6 is 27.5 Å². The molecule has 0 radical (unpaired) electrons. The summed E-state index contributed by atoms with van der Waals surface area (Å²) in [6.45, 7) is -0.0468. The highest BCUT2D eigenvalue weighted by Gasteiger charge is 2.17. The highest BCUT2D eigenvalue weighted by Crippen LogP contribution is 2.25. The van der Waals surface area contributed by atoms with Crippen LogP contribution in [0.5, 0.6) is 5.75 Å². The van der Waals surface area contributed by atoms with Crippen LogP contribution in [0.15, 0.2) is 45.8 Å². The van der Waals surface area contributed by atoms with Crippen LogP contribution in [-0.2, 0) is 21.4 Å². The molecule has 2 aromatic carbocycles. The number of benzene rings is 2. The van der Waals surface area contributed by atoms with Gasteiger partial charge in [0.25, 0.3) is 0 Å². The lowest BCUT2D eigenvalue weighted by molar-refractivity contribution is 0.0470. The Labute approximate surface area is 152 Å². The average molecular weight is 435 g/mol. The van der Waals surface area contributed by atoms with Gasteiger partial charge < -0.3 is 9.47 Å². The van der Waals surface area contributed by atoms with Crippen LogP contribution in [0.2, 0.25) is 5.02 Å². The number of sulfonamides is 1. The van der Waals surface area contributed by atoms with Crippen molar-refractivity contribution < 1.29 is 22.7 Å². The van der Waals surface area contributed by atoms with E-state index < -0.39 is 16.0 Å². The molecule has 0 aliphatic heterocycles. The summed E-state index contributed by atoms with van der Waals surface area (Å²) in [7, 11) is -2.53. The Hall–Kier alpha value is -1.61. The van der Waals surface area contributed by atoms with Gasteiger partial charge in [0.05, 0.1) is 17.7 Å². The highest BCUT2D eigenvalue weighted by molar-refractivity contribution is 9.10. The number of hydrogen-bond acceptors (Lipinski definition) is 5. The predicted molar refractivity (Wildman–Crippen MR) is 92.6 cm³/mol. The molecule has 2 N–H and O–H groups in total. The number of carbonyl (C=O) groups excluding carboxylic acids is 1. The summed E-state index contributed by atoms with van der Waals surface area (Å²) < 4.78 is 34.1. The van der Waals surface area contributed by atoms with E-state index in [-0.39, 0.29) is 22.1 Å². The first-order valence-electron chi connectivity index (χ1n) is 6.54. The third kappa shape index (κ3) is 4.47. The molecule has 0 bridgehead atoms. The molecule has 0 unspecified atom stereocenters. The smallest absolute Gasteiger partial charge is 0.338 e. The van der Waals surface area contributed by atoms with Gasteiger partial charge in [-0.2, -0.15) is 0 Å². The van der Waals surface area contributed by atoms with E-state index >= 15 is 0 Å². The first-order chi connectivity index (χ1) is 11.2. The Morgan fingerprint density at radius 3 is 2.58 bits per heavy atom. The monoisotopic (exact) mass is 433 g/mol. The van der Waals surface area contributed by atoms with Gasteiger partial charge in [0.15, 0.2) is 0 Å². The van der Waals surface area contributed by atoms with Crippen molar-refractivity contribution in [2.24, 2.45) is 5.14 Å². The molecule has 0 heterocycles. The molecule has 24 heavy (non-hydrogen) atoms. The van der Waals surface area contributed by atoms with E-state index in [0.717, 1.165) is 10.5 Å². The summed E-state index contributed by atoms with van der Waals surface area (Å²) in [4.78, 5) is 11.8. The lowest BCUT2D eigenvalue weighted by atomic mass is 10.2. The molecule has 0 amide bonds. The maximum atomic E-state index is 12.1. The molecular formula is C15H13BrClNO5S. The Kier molecular flexibility index (Phi) is 5.87. The molecule has 0 aromatic heterocycles. The van der Waals surface area contributed by atoms with E-state index in [0.29, 0.717) is 11.3 Å². The zero-order valence-electron chi connectivity index (χ0n) is 12.5. The fraction of sp³-hybridized carbons (Fsp3) is 0.133. The van der Waals surface area contributed by atoms with Gasteiger partial charge in [-0.25, -0.2) is 18.4 Å². The summed E-state index contributed by atoms with van der Waals surface area (Å²) in [5.74, 6) is -0.147. The van der Waals surface area contributed by atoms with E-state index in [1.807, 2.05) is 0 Å². The molecule has 2 rings (SSSR count). The Morgan fingerprint density at radius 2 is 1.96 bits per heavy atom. The summed E-state index contributed by atoms with van der Waals surface area (Å²) >= 11 is 9.11. The molecule has 0 spiro atoms. The van der Waals surface area contributed by atoms with E-state index in [1.165, 1.54) is 19.2 Å². The molecule has 0 aliphatic carbocycles. The number of primary sulfonamides is 1. The molecule has 2 aromatic rings. The van der Waals surface area contributed by atoms with Crippen LogP contribution in [-0.4, -0.2) is 21.5 Å². The van der Waals surface area contributed by atoms with Crippen molar-refractivity contribution in [2.75, 3.05) is 7.11 Å². The summed E-state index contributed by atoms with van der Waals surface area (Å²) in [6.07, 6.45) is 0. The molecule has 0 atom stereocenters. The largest absolute Gasteiger partial charge is 0.496 e. The normalized spacial score (nSPS) is 11.2. The fourth-order valence-corrected chi connectivity index (χ4v) is 3.41. The van der Waals surface area contributed by atoms with Gasteiger partial charge in [-0.05, 0) is 36.4 Å². The summed E-state index contributed by atoms with van der Waals surface area (Å²) in [5, 5.41) is 4.99. The standard InChI is InChI=1S/C15H13BrClNO5S/c1-22-13-5-3-11(16)6-10(13)8-23-15(19)9-2-4-12(17)14(7-9)24(18,20)21/h2-7H,8H2,1H3,(H2,18,20,21). The van der Waals surface area contributed by atoms with Gasteiger partial charge in [0, 0.05) is 10.0 Å². The number of hydrogen-bond donors (Lipinski definition) is 1. The lowest BCUT2D eigenvalue weighted by Crippen LogP contribution is -2.14. The van der Waals surface area contributed by atoms with Gasteiger partial charge in [-0.1, -0.05) is 27.5 Å². The number of rotatable bonds is 5. The second-order valence-corrected chi connectivity index (χ2v) is 7.58. The van der Waals surface area contributed by atoms with Crippen molar-refractivity contribution in [3.63, 3.8) is 0 Å². The van der Waals surface area contributed by atoms with Crippen LogP contribution in [0.4, 0.5) is 0 Å². The zero-order chi connectivity index (χ0) is 17.9. The second kappa shape index (κ2) is 7.52. The molecular weight excluding hydrogens is 422 g/mol. The number of nitrogens with two attached hydrogens (primary N) is 1. The minimum atomic E-state index is -4.04. The lowest BCUT2D eigenvalue weighted by Gasteiger charge is -2.10. The molecule has 0 fully saturated rings. The Morgan fingerprint density at radius 1 is 1.25 bits per heavy atom. The first-order valence-corrected chi connectivity index (χ1v) is 9.26. The Balaban J connectivity index is 2.21. The van der Waals surface area contributed by atoms with Crippen LogP contribution in [0, 0.1) is 0 Å². The third-order valence-electron chi connectivity index (χ3n) is 3.07. The van der Waals surface area contributed by atoms with Gasteiger partial charge in [-0.15, -0.1) is 0 Å². The summed E-state index contributed by atoms with van der Waals surface area (Å²) in [5.41, 5.74) is 0.679. The Bertz CT molecular complexity index is 885. The van der Waals surface area contributed by atoms with Gasteiger partial charge in [0.2, 0.25) is 10.0 Å². The van der Waals surface area contributed by atoms with Crippen LogP contribution < -0.4 is 9.88 Å². The van der Waals surface area contributed by atoms with Gasteiger partial charge >= 0.3 is 5.97 Å². The van der Waals surface area contributed by atoms with Gasteiger partial charge in [0.1, 0.15) is 17.3 Å². The number of methoxy groups -OCH3 is 1. The van der Waals surface area contributed by atoms with E-state index in [2.05, 4.69) is 15.9 Å². The average Bonchev–Trinajstić information content (AvgIpc) is 2.52. The molecule has 0 saturated heterocycles. The van der Waals surface area contributed by atoms with Crippen molar-refractivity contribution in [2.45, 2.75) is 11.5 Å². The number of esters is 1. The van der Waals surface area contributed by atoms with Crippen molar-refractivity contribution in [1.29, 1.82) is 0 Å². The van der Waals surface area contributed by atoms with Crippen molar-refractivity contribution in [1.82, 2.24) is 0 Å². The van der Waals surface area contributed by atoms with Crippen LogP contribution in [0.3, 0.4) is 0 Å². The van der Waals surface area contributed by atoms with Gasteiger partial charge in [-0.3, -0.25) is 0 Å². The van der Waals surface area contributed by atoms with Crippen LogP contribution in [0.1, 0.15) is 15.9 Å². The zero-order valence-corrected chi connectivity index (χ0v) is 15.6. The minimum absolute atomic E-state index is 0.0254. The number of carbonyl (C=O) groups is 1. The second-order valence-electron chi connectivity index (χ2n) is 4.72. The van der Waals surface area contributed by atoms with Crippen molar-refractivity contribution >= 4 is 43.5 Å². The summed E-state index contributed by atoms with van der Waals surface area (Å²) in [6, 6.07) is 8.99. The first kappa shape index (κ1) is 18.7. The van der Waals surface area contributed by atoms with Crippen LogP contribution in [0.25, 0.3) is 0 Å². The molecule has 0 aliphatic rings. The number of halogens is 2. The van der Waals surface area contributed by atoms with E-state index in [1.54, 1.807) is 18.2 Å². The topological polar surface area (TPSA) is 95.7 Å². The maximum absolute atomic E-state index is 12.1. The third-order valence-corrected chi connectivity index (χ3v) is 4.96. The molecule has 6 nitrogen and oxygen atoms in total. The highest BCUT2D eigenvalue weighted by atomic mass is 79.9. The van der Waals surface area contributed by atoms with Crippen molar-refractivity contribution in [3.8, 4) is 5.75 Å². The van der Waals surface area contributed by atoms with Crippen molar-refractivity contribution in [3.05, 3.63) is 57.0 Å². The molecule has 9 heteroatoms. The number of ether oxygens (including phenoxy) is 2.